The van der Waals surface area contributed by atoms with Crippen molar-refractivity contribution in [3.05, 3.63) is 23.8 Å². The van der Waals surface area contributed by atoms with Gasteiger partial charge in [-0.1, -0.05) is 20.8 Å². The van der Waals surface area contributed by atoms with Gasteiger partial charge in [0.2, 0.25) is 0 Å². The lowest BCUT2D eigenvalue weighted by Gasteiger charge is -2.17. The SMILES string of the molecule is CC(C)(C)SCCOc1ccc(C(=O)O)cc1N. The first-order chi connectivity index (χ1) is 8.29. The van der Waals surface area contributed by atoms with Crippen LogP contribution < -0.4 is 10.5 Å². The largest absolute Gasteiger partial charge is 0.491 e. The summed E-state index contributed by atoms with van der Waals surface area (Å²) in [7, 11) is 0. The van der Waals surface area contributed by atoms with E-state index < -0.39 is 5.97 Å². The van der Waals surface area contributed by atoms with Crippen LogP contribution in [0.4, 0.5) is 5.69 Å². The molecule has 100 valence electrons. The zero-order valence-electron chi connectivity index (χ0n) is 10.9. The van der Waals surface area contributed by atoms with Crippen molar-refractivity contribution in [1.82, 2.24) is 0 Å². The second-order valence-electron chi connectivity index (χ2n) is 4.87. The Labute approximate surface area is 112 Å². The average Bonchev–Trinajstić information content (AvgIpc) is 2.24. The van der Waals surface area contributed by atoms with E-state index in [-0.39, 0.29) is 10.3 Å². The third-order valence-corrected chi connectivity index (χ3v) is 3.37. The van der Waals surface area contributed by atoms with Crippen molar-refractivity contribution in [1.29, 1.82) is 0 Å². The van der Waals surface area contributed by atoms with E-state index in [4.69, 9.17) is 15.6 Å². The summed E-state index contributed by atoms with van der Waals surface area (Å²) in [4.78, 5) is 10.7. The third-order valence-electron chi connectivity index (χ3n) is 2.13. The van der Waals surface area contributed by atoms with E-state index in [2.05, 4.69) is 20.8 Å². The summed E-state index contributed by atoms with van der Waals surface area (Å²) in [5.74, 6) is 0.412. The second kappa shape index (κ2) is 6.00. The normalized spacial score (nSPS) is 11.3. The van der Waals surface area contributed by atoms with Gasteiger partial charge in [-0.15, -0.1) is 0 Å². The first-order valence-electron chi connectivity index (χ1n) is 5.69. The molecule has 0 amide bonds. The first-order valence-corrected chi connectivity index (χ1v) is 6.68. The van der Waals surface area contributed by atoms with Crippen molar-refractivity contribution in [2.45, 2.75) is 25.5 Å². The molecule has 0 aliphatic heterocycles. The molecule has 0 aliphatic carbocycles. The molecule has 0 saturated carbocycles. The first kappa shape index (κ1) is 14.7. The van der Waals surface area contributed by atoms with Crippen LogP contribution in [0.1, 0.15) is 31.1 Å². The molecule has 18 heavy (non-hydrogen) atoms. The predicted octanol–water partition coefficient (Wildman–Crippen LogP) is 2.88. The number of nitrogens with two attached hydrogens (primary N) is 1. The van der Waals surface area contributed by atoms with Crippen LogP contribution in [0.25, 0.3) is 0 Å². The molecule has 0 unspecified atom stereocenters. The van der Waals surface area contributed by atoms with Crippen molar-refractivity contribution < 1.29 is 14.6 Å². The number of carboxylic acid groups (broad SMARTS) is 1. The fourth-order valence-corrected chi connectivity index (χ4v) is 2.09. The fraction of sp³-hybridized carbons (Fsp3) is 0.462. The number of rotatable bonds is 5. The van der Waals surface area contributed by atoms with Gasteiger partial charge in [0.15, 0.2) is 0 Å². The summed E-state index contributed by atoms with van der Waals surface area (Å²) < 4.78 is 5.74. The molecule has 0 fully saturated rings. The number of aromatic carboxylic acids is 1. The van der Waals surface area contributed by atoms with E-state index in [1.165, 1.54) is 12.1 Å². The summed E-state index contributed by atoms with van der Waals surface area (Å²) in [6.07, 6.45) is 0. The smallest absolute Gasteiger partial charge is 0.335 e. The molecule has 3 N–H and O–H groups in total. The number of carboxylic acids is 1. The van der Waals surface area contributed by atoms with E-state index >= 15 is 0 Å². The van der Waals surface area contributed by atoms with Gasteiger partial charge in [0, 0.05) is 10.5 Å². The number of thioether (sulfide) groups is 1. The fourth-order valence-electron chi connectivity index (χ4n) is 1.31. The minimum absolute atomic E-state index is 0.170. The van der Waals surface area contributed by atoms with Crippen LogP contribution in [0.15, 0.2) is 18.2 Å². The maximum absolute atomic E-state index is 10.7. The minimum atomic E-state index is -0.989. The Morgan fingerprint density at radius 3 is 2.61 bits per heavy atom. The van der Waals surface area contributed by atoms with Gasteiger partial charge in [-0.2, -0.15) is 11.8 Å². The lowest BCUT2D eigenvalue weighted by molar-refractivity contribution is 0.0697. The highest BCUT2D eigenvalue weighted by molar-refractivity contribution is 8.00. The Bertz CT molecular complexity index is 427. The summed E-state index contributed by atoms with van der Waals surface area (Å²) in [5.41, 5.74) is 6.26. The predicted molar refractivity (Wildman–Crippen MR) is 75.5 cm³/mol. The summed E-state index contributed by atoms with van der Waals surface area (Å²) >= 11 is 1.81. The Balaban J connectivity index is 2.51. The maximum Gasteiger partial charge on any atom is 0.335 e. The lowest BCUT2D eigenvalue weighted by Crippen LogP contribution is -2.12. The van der Waals surface area contributed by atoms with Crippen molar-refractivity contribution in [3.8, 4) is 5.75 Å². The summed E-state index contributed by atoms with van der Waals surface area (Å²) in [6.45, 7) is 6.99. The van der Waals surface area contributed by atoms with Crippen molar-refractivity contribution in [2.75, 3.05) is 18.1 Å². The van der Waals surface area contributed by atoms with Crippen molar-refractivity contribution in [2.24, 2.45) is 0 Å². The van der Waals surface area contributed by atoms with Crippen LogP contribution in [0, 0.1) is 0 Å². The van der Waals surface area contributed by atoms with Crippen LogP contribution >= 0.6 is 11.8 Å². The van der Waals surface area contributed by atoms with E-state index in [0.717, 1.165) is 5.75 Å². The monoisotopic (exact) mass is 269 g/mol. The Kier molecular flexibility index (Phi) is 4.90. The molecule has 5 heteroatoms. The molecule has 1 rings (SSSR count). The summed E-state index contributed by atoms with van der Waals surface area (Å²) in [6, 6.07) is 4.50. The highest BCUT2D eigenvalue weighted by atomic mass is 32.2. The molecule has 0 saturated heterocycles. The van der Waals surface area contributed by atoms with Gasteiger partial charge in [0.1, 0.15) is 5.75 Å². The highest BCUT2D eigenvalue weighted by Gasteiger charge is 2.11. The number of ether oxygens (including phenoxy) is 1. The third kappa shape index (κ3) is 4.87. The lowest BCUT2D eigenvalue weighted by atomic mass is 10.2. The molecular weight excluding hydrogens is 250 g/mol. The average molecular weight is 269 g/mol. The number of carbonyl (C=O) groups is 1. The number of hydrogen-bond donors (Lipinski definition) is 2. The standard InChI is InChI=1S/C13H19NO3S/c1-13(2,3)18-7-6-17-11-5-4-9(12(15)16)8-10(11)14/h4-5,8H,6-7,14H2,1-3H3,(H,15,16). The molecule has 1 aromatic carbocycles. The van der Waals surface area contributed by atoms with E-state index in [9.17, 15) is 4.79 Å². The molecule has 0 bridgehead atoms. The highest BCUT2D eigenvalue weighted by Crippen LogP contribution is 2.25. The zero-order valence-corrected chi connectivity index (χ0v) is 11.7. The minimum Gasteiger partial charge on any atom is -0.491 e. The molecule has 0 aromatic heterocycles. The van der Waals surface area contributed by atoms with E-state index in [0.29, 0.717) is 18.0 Å². The molecule has 4 nitrogen and oxygen atoms in total. The van der Waals surface area contributed by atoms with Crippen LogP contribution in [0.2, 0.25) is 0 Å². The quantitative estimate of drug-likeness (QED) is 0.635. The topological polar surface area (TPSA) is 72.5 Å². The molecule has 1 aromatic rings. The van der Waals surface area contributed by atoms with E-state index in [1.807, 2.05) is 0 Å². The van der Waals surface area contributed by atoms with Crippen molar-refractivity contribution in [3.63, 3.8) is 0 Å². The van der Waals surface area contributed by atoms with Gasteiger partial charge in [0.25, 0.3) is 0 Å². The molecule has 0 atom stereocenters. The molecular formula is C13H19NO3S. The van der Waals surface area contributed by atoms with Gasteiger partial charge in [-0.3, -0.25) is 0 Å². The number of hydrogen-bond acceptors (Lipinski definition) is 4. The Morgan fingerprint density at radius 1 is 1.44 bits per heavy atom. The number of anilines is 1. The second-order valence-corrected chi connectivity index (χ2v) is 6.79. The van der Waals surface area contributed by atoms with Gasteiger partial charge < -0.3 is 15.6 Å². The van der Waals surface area contributed by atoms with Gasteiger partial charge in [-0.05, 0) is 18.2 Å². The molecule has 0 aliphatic rings. The van der Waals surface area contributed by atoms with Gasteiger partial charge >= 0.3 is 5.97 Å². The summed E-state index contributed by atoms with van der Waals surface area (Å²) in [5, 5.41) is 8.80. The Hall–Kier alpha value is -1.36. The van der Waals surface area contributed by atoms with Crippen molar-refractivity contribution >= 4 is 23.4 Å². The van der Waals surface area contributed by atoms with Crippen LogP contribution in [-0.2, 0) is 0 Å². The molecule has 0 radical (unpaired) electrons. The van der Waals surface area contributed by atoms with Gasteiger partial charge in [0.05, 0.1) is 17.9 Å². The molecule has 0 heterocycles. The number of benzene rings is 1. The Morgan fingerprint density at radius 2 is 2.11 bits per heavy atom. The van der Waals surface area contributed by atoms with Gasteiger partial charge in [-0.25, -0.2) is 4.79 Å². The maximum atomic E-state index is 10.7. The van der Waals surface area contributed by atoms with Crippen LogP contribution in [-0.4, -0.2) is 28.2 Å². The zero-order chi connectivity index (χ0) is 13.8. The van der Waals surface area contributed by atoms with E-state index in [1.54, 1.807) is 17.8 Å². The molecule has 0 spiro atoms. The van der Waals surface area contributed by atoms with Crippen LogP contribution in [0.3, 0.4) is 0 Å². The number of nitrogen functional groups attached to an aromatic ring is 1. The van der Waals surface area contributed by atoms with Crippen LogP contribution in [0.5, 0.6) is 5.75 Å².